The molecule has 2 aromatic rings. The molecule has 7 heteroatoms. The number of likely N-dealkylation sites (tertiary alicyclic amines) is 1. The third-order valence-corrected chi connectivity index (χ3v) is 5.86. The van der Waals surface area contributed by atoms with Crippen LogP contribution in [-0.4, -0.2) is 56.7 Å². The van der Waals surface area contributed by atoms with Gasteiger partial charge in [-0.05, 0) is 18.9 Å². The molecule has 0 spiro atoms. The highest BCUT2D eigenvalue weighted by Crippen LogP contribution is 2.35. The minimum atomic E-state index is 0.184. The first-order valence-electron chi connectivity index (χ1n) is 9.29. The second-order valence-electron chi connectivity index (χ2n) is 7.49. The molecule has 1 aliphatic carbocycles. The largest absolute Gasteiger partial charge is 0.356 e. The van der Waals surface area contributed by atoms with Crippen LogP contribution >= 0.6 is 0 Å². The van der Waals surface area contributed by atoms with E-state index in [1.54, 1.807) is 17.2 Å². The van der Waals surface area contributed by atoms with E-state index < -0.39 is 0 Å². The smallest absolute Gasteiger partial charge is 0.226 e. The fraction of sp³-hybridized carbons (Fsp3) is 0.474. The van der Waals surface area contributed by atoms with Crippen LogP contribution < -0.4 is 4.90 Å². The monoisotopic (exact) mass is 350 g/mol. The van der Waals surface area contributed by atoms with Crippen LogP contribution in [0.3, 0.4) is 0 Å². The Hall–Kier alpha value is -2.70. The van der Waals surface area contributed by atoms with Gasteiger partial charge in [0.05, 0.1) is 0 Å². The molecule has 26 heavy (non-hydrogen) atoms. The summed E-state index contributed by atoms with van der Waals surface area (Å²) in [4.78, 5) is 25.8. The highest BCUT2D eigenvalue weighted by Gasteiger charge is 2.43. The van der Waals surface area contributed by atoms with Crippen LogP contribution in [-0.2, 0) is 4.79 Å². The molecule has 2 atom stereocenters. The second kappa shape index (κ2) is 6.23. The van der Waals surface area contributed by atoms with Crippen LogP contribution in [0.1, 0.15) is 12.8 Å². The zero-order valence-electron chi connectivity index (χ0n) is 14.6. The number of allylic oxidation sites excluding steroid dienone is 2. The second-order valence-corrected chi connectivity index (χ2v) is 7.49. The van der Waals surface area contributed by atoms with Gasteiger partial charge in [-0.1, -0.05) is 12.2 Å². The molecular formula is C19H22N6O. The third kappa shape index (κ3) is 2.67. The Morgan fingerprint density at radius 3 is 2.42 bits per heavy atom. The summed E-state index contributed by atoms with van der Waals surface area (Å²) in [5.41, 5.74) is 0. The van der Waals surface area contributed by atoms with E-state index in [0.29, 0.717) is 17.7 Å². The minimum absolute atomic E-state index is 0.184. The fourth-order valence-corrected chi connectivity index (χ4v) is 4.48. The van der Waals surface area contributed by atoms with E-state index in [-0.39, 0.29) is 5.92 Å². The molecule has 2 saturated heterocycles. The molecule has 0 N–H and O–H groups in total. The van der Waals surface area contributed by atoms with Gasteiger partial charge in [-0.2, -0.15) is 5.10 Å². The summed E-state index contributed by atoms with van der Waals surface area (Å²) < 4.78 is 1.75. The number of hydrogen-bond donors (Lipinski definition) is 0. The lowest BCUT2D eigenvalue weighted by Gasteiger charge is -2.24. The van der Waals surface area contributed by atoms with Crippen LogP contribution in [0.4, 0.5) is 5.82 Å². The SMILES string of the molecule is O=C(C1CC=CC1)N1CC2CN(c3cc(-n4cccn4)ncn3)CC2C1. The lowest BCUT2D eigenvalue weighted by Crippen LogP contribution is -2.36. The van der Waals surface area contributed by atoms with Crippen LogP contribution in [0.25, 0.3) is 5.82 Å². The van der Waals surface area contributed by atoms with Crippen LogP contribution in [0.2, 0.25) is 0 Å². The maximum Gasteiger partial charge on any atom is 0.226 e. The predicted molar refractivity (Wildman–Crippen MR) is 96.8 cm³/mol. The quantitative estimate of drug-likeness (QED) is 0.785. The molecule has 0 aromatic carbocycles. The Labute approximate surface area is 152 Å². The Morgan fingerprint density at radius 2 is 1.73 bits per heavy atom. The Kier molecular flexibility index (Phi) is 3.72. The number of rotatable bonds is 3. The van der Waals surface area contributed by atoms with E-state index in [1.165, 1.54) is 0 Å². The predicted octanol–water partition coefficient (Wildman–Crippen LogP) is 1.52. The average Bonchev–Trinajstić information content (AvgIpc) is 3.45. The molecule has 3 aliphatic rings. The Balaban J connectivity index is 1.26. The van der Waals surface area contributed by atoms with Gasteiger partial charge in [0.25, 0.3) is 0 Å². The highest BCUT2D eigenvalue weighted by atomic mass is 16.2. The van der Waals surface area contributed by atoms with Gasteiger partial charge >= 0.3 is 0 Å². The van der Waals surface area contributed by atoms with Crippen molar-refractivity contribution in [2.45, 2.75) is 12.8 Å². The van der Waals surface area contributed by atoms with Crippen molar-refractivity contribution in [3.8, 4) is 5.82 Å². The number of nitrogens with zero attached hydrogens (tertiary/aromatic N) is 6. The maximum absolute atomic E-state index is 12.6. The van der Waals surface area contributed by atoms with Crippen molar-refractivity contribution >= 4 is 11.7 Å². The van der Waals surface area contributed by atoms with Crippen LogP contribution in [0.15, 0.2) is 43.0 Å². The first-order chi connectivity index (χ1) is 12.8. The van der Waals surface area contributed by atoms with E-state index in [4.69, 9.17) is 0 Å². The van der Waals surface area contributed by atoms with Crippen molar-refractivity contribution in [3.63, 3.8) is 0 Å². The van der Waals surface area contributed by atoms with Gasteiger partial charge in [-0.15, -0.1) is 0 Å². The average molecular weight is 350 g/mol. The van der Waals surface area contributed by atoms with Gasteiger partial charge < -0.3 is 9.80 Å². The topological polar surface area (TPSA) is 67.2 Å². The summed E-state index contributed by atoms with van der Waals surface area (Å²) in [6.07, 6.45) is 11.3. The third-order valence-electron chi connectivity index (χ3n) is 5.86. The summed E-state index contributed by atoms with van der Waals surface area (Å²) >= 11 is 0. The van der Waals surface area contributed by atoms with Gasteiger partial charge in [0.15, 0.2) is 5.82 Å². The number of carbonyl (C=O) groups is 1. The van der Waals surface area contributed by atoms with Crippen molar-refractivity contribution in [3.05, 3.63) is 43.0 Å². The van der Waals surface area contributed by atoms with E-state index in [0.717, 1.165) is 50.7 Å². The number of anilines is 1. The first kappa shape index (κ1) is 15.5. The lowest BCUT2D eigenvalue weighted by molar-refractivity contribution is -0.134. The van der Waals surface area contributed by atoms with Gasteiger partial charge in [0.2, 0.25) is 5.91 Å². The maximum atomic E-state index is 12.6. The Morgan fingerprint density at radius 1 is 1.00 bits per heavy atom. The normalized spacial score (nSPS) is 25.2. The van der Waals surface area contributed by atoms with Crippen molar-refractivity contribution in [1.82, 2.24) is 24.6 Å². The van der Waals surface area contributed by atoms with E-state index >= 15 is 0 Å². The molecular weight excluding hydrogens is 328 g/mol. The molecule has 134 valence electrons. The summed E-state index contributed by atoms with van der Waals surface area (Å²) in [6, 6.07) is 3.87. The van der Waals surface area contributed by atoms with Gasteiger partial charge in [-0.25, -0.2) is 14.6 Å². The van der Waals surface area contributed by atoms with Crippen molar-refractivity contribution < 1.29 is 4.79 Å². The van der Waals surface area contributed by atoms with E-state index in [1.807, 2.05) is 18.3 Å². The zero-order chi connectivity index (χ0) is 17.5. The molecule has 0 radical (unpaired) electrons. The number of fused-ring (bicyclic) bond motifs is 1. The molecule has 1 amide bonds. The van der Waals surface area contributed by atoms with E-state index in [2.05, 4.69) is 37.0 Å². The van der Waals surface area contributed by atoms with Gasteiger partial charge in [-0.3, -0.25) is 4.79 Å². The zero-order valence-corrected chi connectivity index (χ0v) is 14.6. The molecule has 0 bridgehead atoms. The molecule has 2 unspecified atom stereocenters. The van der Waals surface area contributed by atoms with Crippen LogP contribution in [0.5, 0.6) is 0 Å². The number of aromatic nitrogens is 4. The first-order valence-corrected chi connectivity index (χ1v) is 9.29. The molecule has 5 rings (SSSR count). The summed E-state index contributed by atoms with van der Waals surface area (Å²) in [6.45, 7) is 3.67. The molecule has 2 aromatic heterocycles. The number of hydrogen-bond acceptors (Lipinski definition) is 5. The minimum Gasteiger partial charge on any atom is -0.356 e. The van der Waals surface area contributed by atoms with Crippen LogP contribution in [0, 0.1) is 17.8 Å². The fourth-order valence-electron chi connectivity index (χ4n) is 4.48. The van der Waals surface area contributed by atoms with Crippen molar-refractivity contribution in [1.29, 1.82) is 0 Å². The van der Waals surface area contributed by atoms with Crippen molar-refractivity contribution in [2.75, 3.05) is 31.1 Å². The van der Waals surface area contributed by atoms with E-state index in [9.17, 15) is 4.79 Å². The standard InChI is InChI=1S/C19H22N6O/c26-19(14-4-1-2-5-14)24-11-15-9-23(10-16(15)12-24)17-8-18(21-13-20-17)25-7-3-6-22-25/h1-3,6-8,13-16H,4-5,9-12H2. The number of carbonyl (C=O) groups excluding carboxylic acids is 1. The summed E-state index contributed by atoms with van der Waals surface area (Å²) in [5.74, 6) is 3.33. The molecule has 2 fully saturated rings. The Bertz CT molecular complexity index is 810. The number of amides is 1. The van der Waals surface area contributed by atoms with Gasteiger partial charge in [0.1, 0.15) is 12.1 Å². The summed E-state index contributed by atoms with van der Waals surface area (Å²) in [5, 5.41) is 4.24. The lowest BCUT2D eigenvalue weighted by atomic mass is 10.0. The molecule has 4 heterocycles. The molecule has 0 saturated carbocycles. The van der Waals surface area contributed by atoms with Gasteiger partial charge in [0, 0.05) is 62.4 Å². The van der Waals surface area contributed by atoms with Crippen molar-refractivity contribution in [2.24, 2.45) is 17.8 Å². The molecule has 2 aliphatic heterocycles. The summed E-state index contributed by atoms with van der Waals surface area (Å²) in [7, 11) is 0. The highest BCUT2D eigenvalue weighted by molar-refractivity contribution is 5.80. The molecule has 7 nitrogen and oxygen atoms in total.